The van der Waals surface area contributed by atoms with E-state index in [1.165, 1.54) is 0 Å². The van der Waals surface area contributed by atoms with Crippen LogP contribution in [0.2, 0.25) is 0 Å². The van der Waals surface area contributed by atoms with Crippen molar-refractivity contribution in [3.05, 3.63) is 66.4 Å². The van der Waals surface area contributed by atoms with Gasteiger partial charge in [-0.3, -0.25) is 9.78 Å². The lowest BCUT2D eigenvalue weighted by Gasteiger charge is -2.09. The van der Waals surface area contributed by atoms with E-state index in [1.807, 2.05) is 42.5 Å². The minimum absolute atomic E-state index is 0.0232. The monoisotopic (exact) mass is 263 g/mol. The van der Waals surface area contributed by atoms with Crippen molar-refractivity contribution in [3.63, 3.8) is 0 Å². The van der Waals surface area contributed by atoms with Gasteiger partial charge in [-0.05, 0) is 37.3 Å². The molecule has 98 valence electrons. The molecule has 0 N–H and O–H groups in total. The second kappa shape index (κ2) is 5.13. The number of aromatic nitrogens is 1. The van der Waals surface area contributed by atoms with Crippen molar-refractivity contribution in [3.8, 4) is 11.5 Å². The Morgan fingerprint density at radius 1 is 1.05 bits per heavy atom. The van der Waals surface area contributed by atoms with Crippen LogP contribution in [0.3, 0.4) is 0 Å². The van der Waals surface area contributed by atoms with Gasteiger partial charge >= 0.3 is 0 Å². The van der Waals surface area contributed by atoms with Gasteiger partial charge in [0.2, 0.25) is 0 Å². The van der Waals surface area contributed by atoms with Gasteiger partial charge in [-0.1, -0.05) is 24.3 Å². The summed E-state index contributed by atoms with van der Waals surface area (Å²) < 4.78 is 5.89. The summed E-state index contributed by atoms with van der Waals surface area (Å²) >= 11 is 0. The highest BCUT2D eigenvalue weighted by Gasteiger charge is 2.05. The number of carbonyl (C=O) groups is 1. The third-order valence-electron chi connectivity index (χ3n) is 3.08. The van der Waals surface area contributed by atoms with Gasteiger partial charge in [-0.2, -0.15) is 0 Å². The van der Waals surface area contributed by atoms with Gasteiger partial charge in [0.1, 0.15) is 11.5 Å². The lowest BCUT2D eigenvalue weighted by atomic mass is 10.1. The zero-order valence-corrected chi connectivity index (χ0v) is 11.0. The number of hydrogen-bond donors (Lipinski definition) is 0. The summed E-state index contributed by atoms with van der Waals surface area (Å²) in [6.45, 7) is 1.54. The van der Waals surface area contributed by atoms with Gasteiger partial charge in [-0.15, -0.1) is 0 Å². The van der Waals surface area contributed by atoms with E-state index in [1.54, 1.807) is 25.3 Å². The maximum absolute atomic E-state index is 11.4. The van der Waals surface area contributed by atoms with E-state index in [2.05, 4.69) is 4.98 Å². The summed E-state index contributed by atoms with van der Waals surface area (Å²) in [7, 11) is 0. The molecule has 2 aromatic carbocycles. The van der Waals surface area contributed by atoms with Crippen LogP contribution in [-0.4, -0.2) is 10.8 Å². The molecule has 3 rings (SSSR count). The minimum Gasteiger partial charge on any atom is -0.457 e. The molecule has 0 aliphatic carbocycles. The summed E-state index contributed by atoms with van der Waals surface area (Å²) in [4.78, 5) is 15.7. The van der Waals surface area contributed by atoms with Gasteiger partial charge in [-0.25, -0.2) is 0 Å². The number of fused-ring (bicyclic) bond motifs is 1. The van der Waals surface area contributed by atoms with Gasteiger partial charge in [0.25, 0.3) is 0 Å². The van der Waals surface area contributed by atoms with E-state index in [4.69, 9.17) is 4.74 Å². The number of pyridine rings is 1. The Bertz CT molecular complexity index is 775. The first-order valence-corrected chi connectivity index (χ1v) is 6.36. The number of para-hydroxylation sites is 1. The molecule has 0 unspecified atom stereocenters. The summed E-state index contributed by atoms with van der Waals surface area (Å²) in [5.41, 5.74) is 1.52. The highest BCUT2D eigenvalue weighted by atomic mass is 16.5. The molecular formula is C17H13NO2. The molecule has 0 spiro atoms. The Morgan fingerprint density at radius 3 is 2.75 bits per heavy atom. The molecular weight excluding hydrogens is 250 g/mol. The fourth-order valence-corrected chi connectivity index (χ4v) is 2.06. The zero-order chi connectivity index (χ0) is 13.9. The van der Waals surface area contributed by atoms with Crippen molar-refractivity contribution >= 4 is 16.7 Å². The molecule has 0 bridgehead atoms. The number of benzene rings is 2. The van der Waals surface area contributed by atoms with Crippen molar-refractivity contribution in [2.45, 2.75) is 6.92 Å². The fourth-order valence-electron chi connectivity index (χ4n) is 2.06. The Hall–Kier alpha value is -2.68. The SMILES string of the molecule is CC(=O)c1cccc(Oc2ccnc3ccccc23)c1. The standard InChI is InChI=1S/C17H13NO2/c1-12(19)13-5-4-6-14(11-13)20-17-9-10-18-16-8-3-2-7-15(16)17/h2-11H,1H3. The van der Waals surface area contributed by atoms with Crippen molar-refractivity contribution in [2.75, 3.05) is 0 Å². The second-order valence-corrected chi connectivity index (χ2v) is 4.51. The summed E-state index contributed by atoms with van der Waals surface area (Å²) in [5.74, 6) is 1.40. The van der Waals surface area contributed by atoms with Gasteiger partial charge in [0.05, 0.1) is 5.52 Å². The van der Waals surface area contributed by atoms with Crippen LogP contribution in [0.25, 0.3) is 10.9 Å². The van der Waals surface area contributed by atoms with Crippen LogP contribution >= 0.6 is 0 Å². The van der Waals surface area contributed by atoms with Crippen LogP contribution in [0, 0.1) is 0 Å². The Balaban J connectivity index is 2.01. The van der Waals surface area contributed by atoms with Crippen molar-refractivity contribution < 1.29 is 9.53 Å². The lowest BCUT2D eigenvalue weighted by molar-refractivity contribution is 0.101. The first-order chi connectivity index (χ1) is 9.74. The molecule has 20 heavy (non-hydrogen) atoms. The average molecular weight is 263 g/mol. The van der Waals surface area contributed by atoms with E-state index >= 15 is 0 Å². The van der Waals surface area contributed by atoms with Gasteiger partial charge < -0.3 is 4.74 Å². The molecule has 0 aliphatic heterocycles. The third kappa shape index (κ3) is 2.38. The highest BCUT2D eigenvalue weighted by Crippen LogP contribution is 2.28. The number of ether oxygens (including phenoxy) is 1. The Morgan fingerprint density at radius 2 is 1.90 bits per heavy atom. The number of Topliss-reactive ketones (excluding diaryl/α,β-unsaturated/α-hetero) is 1. The summed E-state index contributed by atoms with van der Waals surface area (Å²) in [6, 6.07) is 16.8. The number of ketones is 1. The van der Waals surface area contributed by atoms with E-state index in [0.29, 0.717) is 11.3 Å². The quantitative estimate of drug-likeness (QED) is 0.664. The normalized spacial score (nSPS) is 10.4. The van der Waals surface area contributed by atoms with Crippen LogP contribution in [0.15, 0.2) is 60.8 Å². The van der Waals surface area contributed by atoms with E-state index in [-0.39, 0.29) is 5.78 Å². The molecule has 0 saturated heterocycles. The van der Waals surface area contributed by atoms with Crippen LogP contribution in [0.1, 0.15) is 17.3 Å². The zero-order valence-electron chi connectivity index (χ0n) is 11.0. The molecule has 0 amide bonds. The number of carbonyl (C=O) groups excluding carboxylic acids is 1. The fraction of sp³-hybridized carbons (Fsp3) is 0.0588. The van der Waals surface area contributed by atoms with Crippen LogP contribution in [-0.2, 0) is 0 Å². The predicted octanol–water partition coefficient (Wildman–Crippen LogP) is 4.23. The Labute approximate surface area is 116 Å². The van der Waals surface area contributed by atoms with Crippen LogP contribution in [0.5, 0.6) is 11.5 Å². The summed E-state index contributed by atoms with van der Waals surface area (Å²) in [6.07, 6.45) is 1.71. The molecule has 0 radical (unpaired) electrons. The van der Waals surface area contributed by atoms with Gasteiger partial charge in [0, 0.05) is 17.1 Å². The molecule has 3 aromatic rings. The largest absolute Gasteiger partial charge is 0.457 e. The van der Waals surface area contributed by atoms with Crippen molar-refractivity contribution in [1.29, 1.82) is 0 Å². The van der Waals surface area contributed by atoms with E-state index in [9.17, 15) is 4.79 Å². The Kier molecular flexibility index (Phi) is 3.17. The smallest absolute Gasteiger partial charge is 0.159 e. The minimum atomic E-state index is 0.0232. The molecule has 3 heteroatoms. The average Bonchev–Trinajstić information content (AvgIpc) is 2.48. The van der Waals surface area contributed by atoms with Gasteiger partial charge in [0.15, 0.2) is 5.78 Å². The number of rotatable bonds is 3. The molecule has 1 heterocycles. The first-order valence-electron chi connectivity index (χ1n) is 6.36. The number of hydrogen-bond acceptors (Lipinski definition) is 3. The molecule has 0 fully saturated rings. The predicted molar refractivity (Wildman–Crippen MR) is 78.3 cm³/mol. The highest BCUT2D eigenvalue weighted by molar-refractivity contribution is 5.94. The molecule has 3 nitrogen and oxygen atoms in total. The van der Waals surface area contributed by atoms with Crippen molar-refractivity contribution in [1.82, 2.24) is 4.98 Å². The topological polar surface area (TPSA) is 39.2 Å². The van der Waals surface area contributed by atoms with Crippen LogP contribution < -0.4 is 4.74 Å². The maximum Gasteiger partial charge on any atom is 0.159 e. The van der Waals surface area contributed by atoms with Crippen molar-refractivity contribution in [2.24, 2.45) is 0 Å². The second-order valence-electron chi connectivity index (χ2n) is 4.51. The van der Waals surface area contributed by atoms with E-state index < -0.39 is 0 Å². The first kappa shape index (κ1) is 12.4. The van der Waals surface area contributed by atoms with Crippen LogP contribution in [0.4, 0.5) is 0 Å². The molecule has 0 saturated carbocycles. The molecule has 0 atom stereocenters. The lowest BCUT2D eigenvalue weighted by Crippen LogP contribution is -1.93. The third-order valence-corrected chi connectivity index (χ3v) is 3.08. The molecule has 0 aliphatic rings. The maximum atomic E-state index is 11.4. The molecule has 1 aromatic heterocycles. The summed E-state index contributed by atoms with van der Waals surface area (Å²) in [5, 5.41) is 0.947. The van der Waals surface area contributed by atoms with E-state index in [0.717, 1.165) is 16.7 Å². The number of nitrogens with zero attached hydrogens (tertiary/aromatic N) is 1.